The fraction of sp³-hybridized carbons (Fsp3) is 0.500. The van der Waals surface area contributed by atoms with Gasteiger partial charge in [-0.3, -0.25) is 4.18 Å². The van der Waals surface area contributed by atoms with Crippen molar-refractivity contribution < 1.29 is 12.6 Å². The van der Waals surface area contributed by atoms with Gasteiger partial charge in [0.1, 0.15) is 6.61 Å². The van der Waals surface area contributed by atoms with Crippen LogP contribution in [0.1, 0.15) is 29.5 Å². The van der Waals surface area contributed by atoms with Crippen molar-refractivity contribution in [2.45, 2.75) is 25.4 Å². The molecule has 0 bridgehead atoms. The van der Waals surface area contributed by atoms with Crippen molar-refractivity contribution in [1.29, 1.82) is 0 Å². The van der Waals surface area contributed by atoms with Gasteiger partial charge in [-0.05, 0) is 18.9 Å². The molecule has 124 valence electrons. The molecule has 1 fully saturated rings. The highest BCUT2D eigenvalue weighted by Gasteiger charge is 2.24. The van der Waals surface area contributed by atoms with E-state index in [0.717, 1.165) is 43.1 Å². The second-order valence-corrected chi connectivity index (χ2v) is 7.99. The SMILES string of the molecule is CS(=O)(=O)OCc1csc(C2CCN(c3ncccn3)CC2)n1. The lowest BCUT2D eigenvalue weighted by atomic mass is 9.98. The monoisotopic (exact) mass is 354 g/mol. The standard InChI is InChI=1S/C14H18N4O3S2/c1-23(19,20)21-9-12-10-22-13(17-12)11-3-7-18(8-4-11)14-15-5-2-6-16-14/h2,5-6,10-11H,3-4,7-9H2,1H3. The normalized spacial score (nSPS) is 16.7. The Morgan fingerprint density at radius 2 is 2.00 bits per heavy atom. The number of thiazole rings is 1. The number of hydrogen-bond donors (Lipinski definition) is 0. The number of rotatable bonds is 5. The highest BCUT2D eigenvalue weighted by Crippen LogP contribution is 2.31. The smallest absolute Gasteiger partial charge is 0.264 e. The summed E-state index contributed by atoms with van der Waals surface area (Å²) in [6.45, 7) is 1.79. The molecule has 0 aromatic carbocycles. The zero-order valence-corrected chi connectivity index (χ0v) is 14.4. The maximum atomic E-state index is 11.0. The van der Waals surface area contributed by atoms with Crippen LogP contribution in [-0.2, 0) is 20.9 Å². The Kier molecular flexibility index (Phi) is 4.88. The van der Waals surface area contributed by atoms with Crippen LogP contribution in [0, 0.1) is 0 Å². The number of anilines is 1. The predicted molar refractivity (Wildman–Crippen MR) is 88.0 cm³/mol. The van der Waals surface area contributed by atoms with Crippen LogP contribution in [0.15, 0.2) is 23.8 Å². The van der Waals surface area contributed by atoms with Gasteiger partial charge in [0.25, 0.3) is 10.1 Å². The lowest BCUT2D eigenvalue weighted by Crippen LogP contribution is -2.34. The first-order valence-corrected chi connectivity index (χ1v) is 10.0. The van der Waals surface area contributed by atoms with Crippen LogP contribution in [0.5, 0.6) is 0 Å². The van der Waals surface area contributed by atoms with Gasteiger partial charge in [0.05, 0.1) is 17.0 Å². The Balaban J connectivity index is 1.57. The minimum absolute atomic E-state index is 0.00599. The van der Waals surface area contributed by atoms with Crippen LogP contribution in [0.25, 0.3) is 0 Å². The average molecular weight is 354 g/mol. The molecule has 0 spiro atoms. The number of hydrogen-bond acceptors (Lipinski definition) is 8. The fourth-order valence-corrected chi connectivity index (χ4v) is 3.84. The first kappa shape index (κ1) is 16.3. The molecular weight excluding hydrogens is 336 g/mol. The second-order valence-electron chi connectivity index (χ2n) is 5.45. The Bertz CT molecular complexity index is 740. The van der Waals surface area contributed by atoms with Crippen molar-refractivity contribution in [1.82, 2.24) is 15.0 Å². The minimum Gasteiger partial charge on any atom is -0.341 e. The maximum absolute atomic E-state index is 11.0. The van der Waals surface area contributed by atoms with Gasteiger partial charge >= 0.3 is 0 Å². The molecule has 1 aliphatic heterocycles. The summed E-state index contributed by atoms with van der Waals surface area (Å²) in [4.78, 5) is 15.3. The fourth-order valence-electron chi connectivity index (χ4n) is 2.52. The summed E-state index contributed by atoms with van der Waals surface area (Å²) in [6, 6.07) is 1.81. The van der Waals surface area contributed by atoms with Gasteiger partial charge < -0.3 is 4.90 Å². The largest absolute Gasteiger partial charge is 0.341 e. The quantitative estimate of drug-likeness (QED) is 0.757. The van der Waals surface area contributed by atoms with Crippen molar-refractivity contribution in [3.8, 4) is 0 Å². The average Bonchev–Trinajstić information content (AvgIpc) is 3.02. The van der Waals surface area contributed by atoms with E-state index < -0.39 is 10.1 Å². The molecule has 3 rings (SSSR count). The Morgan fingerprint density at radius 3 is 2.65 bits per heavy atom. The number of aromatic nitrogens is 3. The number of piperidine rings is 1. The Morgan fingerprint density at radius 1 is 1.30 bits per heavy atom. The molecule has 2 aromatic rings. The Labute approximate surface area is 139 Å². The number of nitrogens with zero attached hydrogens (tertiary/aromatic N) is 4. The van der Waals surface area contributed by atoms with Crippen molar-refractivity contribution in [2.24, 2.45) is 0 Å². The highest BCUT2D eigenvalue weighted by molar-refractivity contribution is 7.85. The molecule has 0 N–H and O–H groups in total. The third-order valence-corrected chi connectivity index (χ3v) is 5.27. The first-order valence-electron chi connectivity index (χ1n) is 7.32. The summed E-state index contributed by atoms with van der Waals surface area (Å²) >= 11 is 1.57. The summed E-state index contributed by atoms with van der Waals surface area (Å²) in [7, 11) is -3.43. The van der Waals surface area contributed by atoms with Gasteiger partial charge in [-0.2, -0.15) is 8.42 Å². The van der Waals surface area contributed by atoms with Gasteiger partial charge in [-0.15, -0.1) is 11.3 Å². The highest BCUT2D eigenvalue weighted by atomic mass is 32.2. The molecular formula is C14H18N4O3S2. The molecule has 0 atom stereocenters. The van der Waals surface area contributed by atoms with E-state index in [1.54, 1.807) is 23.7 Å². The summed E-state index contributed by atoms with van der Waals surface area (Å²) in [5.41, 5.74) is 0.671. The molecule has 1 saturated heterocycles. The van der Waals surface area contributed by atoms with E-state index in [-0.39, 0.29) is 6.61 Å². The van der Waals surface area contributed by atoms with E-state index in [1.807, 2.05) is 11.4 Å². The van der Waals surface area contributed by atoms with E-state index in [4.69, 9.17) is 4.18 Å². The molecule has 0 saturated carbocycles. The molecule has 9 heteroatoms. The second kappa shape index (κ2) is 6.90. The van der Waals surface area contributed by atoms with Gasteiger partial charge in [0, 0.05) is 36.8 Å². The minimum atomic E-state index is -3.43. The third-order valence-electron chi connectivity index (χ3n) is 3.67. The van der Waals surface area contributed by atoms with Crippen molar-refractivity contribution >= 4 is 27.4 Å². The predicted octanol–water partition coefficient (Wildman–Crippen LogP) is 1.79. The molecule has 0 amide bonds. The summed E-state index contributed by atoms with van der Waals surface area (Å²) in [6.07, 6.45) is 6.52. The topological polar surface area (TPSA) is 85.3 Å². The van der Waals surface area contributed by atoms with E-state index in [1.165, 1.54) is 0 Å². The van der Waals surface area contributed by atoms with Gasteiger partial charge in [-0.25, -0.2) is 15.0 Å². The first-order chi connectivity index (χ1) is 11.0. The van der Waals surface area contributed by atoms with Crippen LogP contribution < -0.4 is 4.90 Å². The van der Waals surface area contributed by atoms with Crippen LogP contribution in [0.4, 0.5) is 5.95 Å². The lowest BCUT2D eigenvalue weighted by molar-refractivity contribution is 0.307. The molecule has 23 heavy (non-hydrogen) atoms. The van der Waals surface area contributed by atoms with E-state index in [2.05, 4.69) is 19.9 Å². The van der Waals surface area contributed by atoms with Gasteiger partial charge in [0.2, 0.25) is 5.95 Å². The van der Waals surface area contributed by atoms with Crippen molar-refractivity contribution in [2.75, 3.05) is 24.2 Å². The summed E-state index contributed by atoms with van der Waals surface area (Å²) in [5.74, 6) is 1.17. The molecule has 7 nitrogen and oxygen atoms in total. The third kappa shape index (κ3) is 4.46. The van der Waals surface area contributed by atoms with Crippen LogP contribution in [0.3, 0.4) is 0 Å². The van der Waals surface area contributed by atoms with Gasteiger partial charge in [0.15, 0.2) is 0 Å². The Hall–Kier alpha value is -1.58. The van der Waals surface area contributed by atoms with Crippen LogP contribution >= 0.6 is 11.3 Å². The lowest BCUT2D eigenvalue weighted by Gasteiger charge is -2.30. The molecule has 0 aliphatic carbocycles. The van der Waals surface area contributed by atoms with Gasteiger partial charge in [-0.1, -0.05) is 0 Å². The zero-order chi connectivity index (χ0) is 16.3. The molecule has 0 radical (unpaired) electrons. The summed E-state index contributed by atoms with van der Waals surface area (Å²) < 4.78 is 26.8. The molecule has 1 aliphatic rings. The van der Waals surface area contributed by atoms with Crippen molar-refractivity contribution in [3.05, 3.63) is 34.5 Å². The molecule has 3 heterocycles. The molecule has 0 unspecified atom stereocenters. The van der Waals surface area contributed by atoms with E-state index in [0.29, 0.717) is 11.6 Å². The van der Waals surface area contributed by atoms with Crippen molar-refractivity contribution in [3.63, 3.8) is 0 Å². The van der Waals surface area contributed by atoms with Crippen LogP contribution in [0.2, 0.25) is 0 Å². The zero-order valence-electron chi connectivity index (χ0n) is 12.8. The summed E-state index contributed by atoms with van der Waals surface area (Å²) in [5, 5.41) is 2.92. The maximum Gasteiger partial charge on any atom is 0.264 e. The molecule has 2 aromatic heterocycles. The van der Waals surface area contributed by atoms with E-state index in [9.17, 15) is 8.42 Å². The van der Waals surface area contributed by atoms with Crippen LogP contribution in [-0.4, -0.2) is 42.7 Å². The van der Waals surface area contributed by atoms with E-state index >= 15 is 0 Å².